The monoisotopic (exact) mass is 374 g/mol. The van der Waals surface area contributed by atoms with Crippen molar-refractivity contribution < 1.29 is 13.9 Å². The number of aryl methyl sites for hydroxylation is 1. The molecule has 27 heavy (non-hydrogen) atoms. The fraction of sp³-hybridized carbons (Fsp3) is 0.773. The van der Waals surface area contributed by atoms with Crippen molar-refractivity contribution in [1.82, 2.24) is 10.2 Å². The van der Waals surface area contributed by atoms with E-state index in [0.29, 0.717) is 23.5 Å². The Morgan fingerprint density at radius 1 is 1.22 bits per heavy atom. The van der Waals surface area contributed by atoms with Crippen molar-refractivity contribution in [1.29, 1.82) is 0 Å². The van der Waals surface area contributed by atoms with Gasteiger partial charge in [-0.25, -0.2) is 0 Å². The Bertz CT molecular complexity index is 656. The van der Waals surface area contributed by atoms with Crippen LogP contribution in [0.2, 0.25) is 0 Å². The number of amides is 1. The summed E-state index contributed by atoms with van der Waals surface area (Å²) in [5, 5.41) is 3.37. The molecule has 4 rings (SSSR count). The van der Waals surface area contributed by atoms with Gasteiger partial charge >= 0.3 is 0 Å². The van der Waals surface area contributed by atoms with Crippen molar-refractivity contribution in [2.75, 3.05) is 19.7 Å². The van der Waals surface area contributed by atoms with Gasteiger partial charge in [0.15, 0.2) is 0 Å². The van der Waals surface area contributed by atoms with Gasteiger partial charge < -0.3 is 14.5 Å². The van der Waals surface area contributed by atoms with E-state index in [0.717, 1.165) is 50.1 Å². The summed E-state index contributed by atoms with van der Waals surface area (Å²) >= 11 is 0. The van der Waals surface area contributed by atoms with E-state index >= 15 is 0 Å². The lowest BCUT2D eigenvalue weighted by Crippen LogP contribution is -2.63. The third kappa shape index (κ3) is 3.56. The van der Waals surface area contributed by atoms with Crippen molar-refractivity contribution in [3.8, 4) is 0 Å². The normalized spacial score (nSPS) is 30.5. The molecule has 1 saturated heterocycles. The Balaban J connectivity index is 1.44. The number of hydrogen-bond donors (Lipinski definition) is 1. The Kier molecular flexibility index (Phi) is 5.60. The maximum atomic E-state index is 13.0. The van der Waals surface area contributed by atoms with Gasteiger partial charge in [0, 0.05) is 24.5 Å². The van der Waals surface area contributed by atoms with Gasteiger partial charge in [0.2, 0.25) is 0 Å². The molecule has 5 nitrogen and oxygen atoms in total. The molecule has 0 spiro atoms. The Labute approximate surface area is 162 Å². The van der Waals surface area contributed by atoms with Gasteiger partial charge in [0.25, 0.3) is 5.91 Å². The lowest BCUT2D eigenvalue weighted by molar-refractivity contribution is -0.0784. The van der Waals surface area contributed by atoms with Crippen LogP contribution in [0.15, 0.2) is 10.5 Å². The molecule has 0 unspecified atom stereocenters. The number of carbonyl (C=O) groups excluding carboxylic acids is 1. The van der Waals surface area contributed by atoms with Crippen molar-refractivity contribution >= 4 is 5.91 Å². The van der Waals surface area contributed by atoms with E-state index in [4.69, 9.17) is 9.15 Å². The number of nitrogens with zero attached hydrogens (tertiary/aromatic N) is 1. The maximum absolute atomic E-state index is 13.0. The average molecular weight is 375 g/mol. The third-order valence-electron chi connectivity index (χ3n) is 7.17. The summed E-state index contributed by atoms with van der Waals surface area (Å²) in [4.78, 5) is 15.3. The number of ether oxygens (including phenoxy) is 1. The van der Waals surface area contributed by atoms with Crippen LogP contribution in [0.25, 0.3) is 0 Å². The molecule has 1 aromatic rings. The second-order valence-electron chi connectivity index (χ2n) is 8.55. The minimum absolute atomic E-state index is 0.0281. The summed E-state index contributed by atoms with van der Waals surface area (Å²) in [6.07, 6.45) is 6.70. The van der Waals surface area contributed by atoms with Crippen molar-refractivity contribution in [2.45, 2.75) is 71.6 Å². The number of furan rings is 1. The van der Waals surface area contributed by atoms with E-state index in [9.17, 15) is 4.79 Å². The third-order valence-corrected chi connectivity index (χ3v) is 7.17. The smallest absolute Gasteiger partial charge is 0.255 e. The second kappa shape index (κ2) is 7.96. The first-order valence-corrected chi connectivity index (χ1v) is 10.9. The Morgan fingerprint density at radius 2 is 1.96 bits per heavy atom. The molecule has 3 aliphatic rings. The number of carbonyl (C=O) groups is 1. The fourth-order valence-corrected chi connectivity index (χ4v) is 5.60. The fourth-order valence-electron chi connectivity index (χ4n) is 5.60. The molecule has 1 amide bonds. The van der Waals surface area contributed by atoms with Crippen LogP contribution in [0.1, 0.15) is 67.8 Å². The number of rotatable bonds is 7. The zero-order valence-corrected chi connectivity index (χ0v) is 17.0. The van der Waals surface area contributed by atoms with Gasteiger partial charge in [-0.2, -0.15) is 0 Å². The van der Waals surface area contributed by atoms with Crippen LogP contribution < -0.4 is 5.32 Å². The minimum atomic E-state index is 0.0281. The lowest BCUT2D eigenvalue weighted by atomic mass is 9.61. The van der Waals surface area contributed by atoms with Gasteiger partial charge in [-0.15, -0.1) is 0 Å². The maximum Gasteiger partial charge on any atom is 0.255 e. The number of fused-ring (bicyclic) bond motifs is 1. The van der Waals surface area contributed by atoms with Crippen LogP contribution in [0.5, 0.6) is 0 Å². The Morgan fingerprint density at radius 3 is 2.67 bits per heavy atom. The van der Waals surface area contributed by atoms with Gasteiger partial charge in [-0.05, 0) is 38.4 Å². The summed E-state index contributed by atoms with van der Waals surface area (Å²) in [7, 11) is 0. The van der Waals surface area contributed by atoms with Crippen molar-refractivity contribution in [3.05, 3.63) is 23.2 Å². The minimum Gasteiger partial charge on any atom is -0.464 e. The SMILES string of the molecule is CCN(CC)Cc1cc(C(=O)N[C@@H]2[C@@H]3CCO[C@@H]3[C@@H]2C2CCCC2)c(C)o1. The van der Waals surface area contributed by atoms with Crippen LogP contribution in [0.3, 0.4) is 0 Å². The number of hydrogen-bond acceptors (Lipinski definition) is 4. The van der Waals surface area contributed by atoms with Crippen LogP contribution >= 0.6 is 0 Å². The highest BCUT2D eigenvalue weighted by Crippen LogP contribution is 2.51. The molecule has 3 fully saturated rings. The van der Waals surface area contributed by atoms with E-state index in [1.807, 2.05) is 13.0 Å². The summed E-state index contributed by atoms with van der Waals surface area (Å²) in [6, 6.07) is 2.21. The molecule has 1 aromatic heterocycles. The summed E-state index contributed by atoms with van der Waals surface area (Å²) in [6.45, 7) is 9.76. The first-order chi connectivity index (χ1) is 13.1. The van der Waals surface area contributed by atoms with Crippen LogP contribution in [-0.4, -0.2) is 42.6 Å². The molecule has 0 bridgehead atoms. The highest BCUT2D eigenvalue weighted by atomic mass is 16.5. The standard InChI is InChI=1S/C22H34N2O3/c1-4-24(5-2)13-16-12-18(14(3)27-16)22(25)23-20-17-10-11-26-21(17)19(20)15-8-6-7-9-15/h12,15,17,19-21H,4-11,13H2,1-3H3,(H,23,25)/t17-,19+,20+,21-/m0/s1. The van der Waals surface area contributed by atoms with E-state index in [-0.39, 0.29) is 11.9 Å². The lowest BCUT2D eigenvalue weighted by Gasteiger charge is -2.50. The first-order valence-electron chi connectivity index (χ1n) is 10.9. The molecule has 4 atom stereocenters. The number of nitrogens with one attached hydrogen (secondary N) is 1. The predicted octanol–water partition coefficient (Wildman–Crippen LogP) is 3.75. The van der Waals surface area contributed by atoms with Crippen molar-refractivity contribution in [2.24, 2.45) is 17.8 Å². The van der Waals surface area contributed by atoms with Crippen LogP contribution in [0.4, 0.5) is 0 Å². The molecular weight excluding hydrogens is 340 g/mol. The molecule has 0 radical (unpaired) electrons. The highest BCUT2D eigenvalue weighted by molar-refractivity contribution is 5.95. The molecule has 0 aromatic carbocycles. The quantitative estimate of drug-likeness (QED) is 0.790. The van der Waals surface area contributed by atoms with Crippen LogP contribution in [0, 0.1) is 24.7 Å². The van der Waals surface area contributed by atoms with E-state index in [1.165, 1.54) is 25.7 Å². The summed E-state index contributed by atoms with van der Waals surface area (Å²) in [5.41, 5.74) is 0.699. The van der Waals surface area contributed by atoms with Gasteiger partial charge in [0.1, 0.15) is 11.5 Å². The highest BCUT2D eigenvalue weighted by Gasteiger charge is 2.57. The van der Waals surface area contributed by atoms with Gasteiger partial charge in [0.05, 0.1) is 18.2 Å². The molecular formula is C22H34N2O3. The molecule has 5 heteroatoms. The van der Waals surface area contributed by atoms with Crippen molar-refractivity contribution in [3.63, 3.8) is 0 Å². The van der Waals surface area contributed by atoms with E-state index in [1.54, 1.807) is 0 Å². The molecule has 1 aliphatic heterocycles. The second-order valence-corrected chi connectivity index (χ2v) is 8.55. The van der Waals surface area contributed by atoms with Gasteiger partial charge in [-0.1, -0.05) is 39.5 Å². The van der Waals surface area contributed by atoms with Crippen LogP contribution in [-0.2, 0) is 11.3 Å². The zero-order valence-electron chi connectivity index (χ0n) is 17.0. The first kappa shape index (κ1) is 19.0. The van der Waals surface area contributed by atoms with Gasteiger partial charge in [-0.3, -0.25) is 9.69 Å². The molecule has 150 valence electrons. The molecule has 2 saturated carbocycles. The summed E-state index contributed by atoms with van der Waals surface area (Å²) in [5.74, 6) is 3.36. The molecule has 1 N–H and O–H groups in total. The average Bonchev–Trinajstić information content (AvgIpc) is 3.39. The zero-order chi connectivity index (χ0) is 19.0. The predicted molar refractivity (Wildman–Crippen MR) is 105 cm³/mol. The van der Waals surface area contributed by atoms with E-state index < -0.39 is 0 Å². The molecule has 2 aliphatic carbocycles. The molecule has 2 heterocycles. The summed E-state index contributed by atoms with van der Waals surface area (Å²) < 4.78 is 11.9. The topological polar surface area (TPSA) is 54.7 Å². The van der Waals surface area contributed by atoms with E-state index in [2.05, 4.69) is 24.1 Å². The largest absolute Gasteiger partial charge is 0.464 e. The Hall–Kier alpha value is -1.33.